The first-order valence-corrected chi connectivity index (χ1v) is 7.65. The molecule has 1 aromatic carbocycles. The van der Waals surface area contributed by atoms with E-state index in [0.717, 1.165) is 11.6 Å². The van der Waals surface area contributed by atoms with E-state index in [4.69, 9.17) is 4.79 Å². The lowest BCUT2D eigenvalue weighted by atomic mass is 9.82. The topological polar surface area (TPSA) is 109 Å². The summed E-state index contributed by atoms with van der Waals surface area (Å²) < 4.78 is 0. The second kappa shape index (κ2) is 12.9. The molecule has 1 atom stereocenters. The smallest absolute Gasteiger partial charge is 0.309 e. The number of carboxylic acid groups (broad SMARTS) is 1. The summed E-state index contributed by atoms with van der Waals surface area (Å²) >= 11 is 0. The van der Waals surface area contributed by atoms with Gasteiger partial charge in [0, 0.05) is 5.54 Å². The van der Waals surface area contributed by atoms with Gasteiger partial charge in [0.2, 0.25) is 12.3 Å². The van der Waals surface area contributed by atoms with Crippen LogP contribution in [-0.4, -0.2) is 28.9 Å². The number of amides is 2. The van der Waals surface area contributed by atoms with E-state index < -0.39 is 17.4 Å². The lowest BCUT2D eigenvalue weighted by Gasteiger charge is -2.32. The molecule has 24 heavy (non-hydrogen) atoms. The zero-order valence-electron chi connectivity index (χ0n) is 14.8. The Kier molecular flexibility index (Phi) is 12.7. The van der Waals surface area contributed by atoms with Gasteiger partial charge in [0.25, 0.3) is 0 Å². The van der Waals surface area contributed by atoms with Crippen molar-refractivity contribution < 1.29 is 19.5 Å². The molecule has 0 aliphatic rings. The van der Waals surface area contributed by atoms with Crippen LogP contribution in [0.5, 0.6) is 0 Å². The monoisotopic (exact) mass is 336 g/mol. The van der Waals surface area contributed by atoms with Crippen LogP contribution in [0.1, 0.15) is 33.3 Å². The van der Waals surface area contributed by atoms with Gasteiger partial charge in [0.05, 0.1) is 5.92 Å². The van der Waals surface area contributed by atoms with Crippen molar-refractivity contribution in [3.8, 4) is 0 Å². The van der Waals surface area contributed by atoms with Crippen LogP contribution in [0.25, 0.3) is 0 Å². The van der Waals surface area contributed by atoms with Gasteiger partial charge >= 0.3 is 5.97 Å². The van der Waals surface area contributed by atoms with Gasteiger partial charge in [0.15, 0.2) is 0 Å². The highest BCUT2D eigenvalue weighted by Gasteiger charge is 2.36. The first-order chi connectivity index (χ1) is 11.3. The molecule has 6 heteroatoms. The summed E-state index contributed by atoms with van der Waals surface area (Å²) in [5.74, 6) is -2.01. The van der Waals surface area contributed by atoms with Crippen LogP contribution in [0.4, 0.5) is 0 Å². The second-order valence-electron chi connectivity index (χ2n) is 5.13. The molecule has 0 spiro atoms. The minimum atomic E-state index is -0.932. The number of primary amides is 1. The molecule has 0 aliphatic carbocycles. The Morgan fingerprint density at radius 1 is 1.29 bits per heavy atom. The molecule has 0 fully saturated rings. The van der Waals surface area contributed by atoms with Gasteiger partial charge in [-0.15, -0.1) is 0 Å². The number of hydrogen-bond acceptors (Lipinski definition) is 3. The van der Waals surface area contributed by atoms with Gasteiger partial charge in [-0.3, -0.25) is 14.4 Å². The maximum atomic E-state index is 11.4. The van der Waals surface area contributed by atoms with Gasteiger partial charge < -0.3 is 16.2 Å². The fourth-order valence-corrected chi connectivity index (χ4v) is 1.96. The highest BCUT2D eigenvalue weighted by atomic mass is 16.4. The number of hydrogen-bond donors (Lipinski definition) is 3. The van der Waals surface area contributed by atoms with Crippen molar-refractivity contribution in [1.82, 2.24) is 5.32 Å². The predicted molar refractivity (Wildman–Crippen MR) is 95.3 cm³/mol. The van der Waals surface area contributed by atoms with Gasteiger partial charge in [-0.1, -0.05) is 50.8 Å². The van der Waals surface area contributed by atoms with Crippen molar-refractivity contribution in [2.75, 3.05) is 0 Å². The average molecular weight is 336 g/mol. The van der Waals surface area contributed by atoms with Gasteiger partial charge in [-0.2, -0.15) is 0 Å². The summed E-state index contributed by atoms with van der Waals surface area (Å²) in [7, 11) is 0. The van der Waals surface area contributed by atoms with Gasteiger partial charge in [-0.05, 0) is 31.9 Å². The minimum absolute atomic E-state index is 0.250. The molecule has 0 radical (unpaired) electrons. The zero-order valence-corrected chi connectivity index (χ0v) is 14.8. The van der Waals surface area contributed by atoms with E-state index in [1.165, 1.54) is 0 Å². The number of benzene rings is 1. The highest BCUT2D eigenvalue weighted by molar-refractivity contribution is 5.88. The van der Waals surface area contributed by atoms with Crippen molar-refractivity contribution in [2.45, 2.75) is 39.7 Å². The molecular formula is C18H28N2O4. The molecule has 0 saturated carbocycles. The molecule has 0 aliphatic heterocycles. The quantitative estimate of drug-likeness (QED) is 0.546. The van der Waals surface area contributed by atoms with E-state index >= 15 is 0 Å². The van der Waals surface area contributed by atoms with E-state index in [1.54, 1.807) is 13.8 Å². The normalized spacial score (nSPS) is 10.7. The molecule has 1 aromatic rings. The molecular weight excluding hydrogens is 308 g/mol. The van der Waals surface area contributed by atoms with E-state index in [2.05, 4.69) is 17.6 Å². The van der Waals surface area contributed by atoms with Crippen molar-refractivity contribution in [2.24, 2.45) is 11.7 Å². The number of aliphatic carboxylic acids is 1. The molecule has 134 valence electrons. The van der Waals surface area contributed by atoms with Gasteiger partial charge in [-0.25, -0.2) is 0 Å². The first kappa shape index (κ1) is 23.6. The molecule has 2 amide bonds. The molecule has 0 aromatic heterocycles. The first-order valence-electron chi connectivity index (χ1n) is 7.65. The summed E-state index contributed by atoms with van der Waals surface area (Å²) in [6.07, 6.45) is 1.75. The molecule has 0 bridgehead atoms. The maximum absolute atomic E-state index is 11.4. The third kappa shape index (κ3) is 9.40. The summed E-state index contributed by atoms with van der Waals surface area (Å²) in [4.78, 5) is 31.4. The summed E-state index contributed by atoms with van der Waals surface area (Å²) in [5.41, 5.74) is 4.24. The van der Waals surface area contributed by atoms with Crippen molar-refractivity contribution in [3.05, 3.63) is 48.6 Å². The molecule has 4 N–H and O–H groups in total. The van der Waals surface area contributed by atoms with E-state index in [0.29, 0.717) is 6.42 Å². The zero-order chi connectivity index (χ0) is 19.2. The van der Waals surface area contributed by atoms with Crippen LogP contribution in [0, 0.1) is 5.92 Å². The molecule has 0 saturated heterocycles. The second-order valence-corrected chi connectivity index (χ2v) is 5.13. The summed E-state index contributed by atoms with van der Waals surface area (Å²) in [6, 6.07) is 9.36. The number of nitrogens with one attached hydrogen (secondary N) is 1. The molecule has 6 nitrogen and oxygen atoms in total. The number of rotatable bonds is 6. The van der Waals surface area contributed by atoms with Crippen LogP contribution in [-0.2, 0) is 20.8 Å². The van der Waals surface area contributed by atoms with Crippen molar-refractivity contribution in [3.63, 3.8) is 0 Å². The van der Waals surface area contributed by atoms with Crippen molar-refractivity contribution in [1.29, 1.82) is 0 Å². The molecule has 1 rings (SSSR count). The van der Waals surface area contributed by atoms with Gasteiger partial charge in [0.1, 0.15) is 0 Å². The van der Waals surface area contributed by atoms with Crippen LogP contribution < -0.4 is 11.1 Å². The Hall–Kier alpha value is -2.63. The van der Waals surface area contributed by atoms with Crippen LogP contribution in [0.3, 0.4) is 0 Å². The Balaban J connectivity index is 0. The molecule has 1 unspecified atom stereocenters. The Morgan fingerprint density at radius 2 is 1.75 bits per heavy atom. The highest BCUT2D eigenvalue weighted by Crippen LogP contribution is 2.22. The summed E-state index contributed by atoms with van der Waals surface area (Å²) in [5, 5.41) is 12.0. The van der Waals surface area contributed by atoms with E-state index in [1.807, 2.05) is 44.2 Å². The van der Waals surface area contributed by atoms with Crippen molar-refractivity contribution >= 4 is 18.3 Å². The molecule has 0 heterocycles. The number of nitrogens with two attached hydrogens (primary N) is 1. The fraction of sp³-hybridized carbons (Fsp3) is 0.389. The number of carbonyl (C=O) groups excluding carboxylic acids is 2. The van der Waals surface area contributed by atoms with Crippen LogP contribution >= 0.6 is 0 Å². The standard InChI is InChI=1S/C15H19NO3.C2H6.CH3NO/c1-4-13(17)16-15(2,3)12(14(18)19)10-11-8-6-5-7-9-11;1-2;2-1-3/h4-9,12H,1,10H2,2-3H3,(H,16,17)(H,18,19);1-2H3;1H,(H2,2,3). The Labute approximate surface area is 143 Å². The van der Waals surface area contributed by atoms with Crippen LogP contribution in [0.2, 0.25) is 0 Å². The Bertz CT molecular complexity index is 513. The average Bonchev–Trinajstić information content (AvgIpc) is 2.55. The predicted octanol–water partition coefficient (Wildman–Crippen LogP) is 2.14. The lowest BCUT2D eigenvalue weighted by molar-refractivity contribution is -0.144. The third-order valence-electron chi connectivity index (χ3n) is 3.08. The van der Waals surface area contributed by atoms with E-state index in [9.17, 15) is 14.7 Å². The fourth-order valence-electron chi connectivity index (χ4n) is 1.96. The van der Waals surface area contributed by atoms with E-state index in [-0.39, 0.29) is 12.3 Å². The Morgan fingerprint density at radius 3 is 2.12 bits per heavy atom. The SMILES string of the molecule is C=CC(=O)NC(C)(C)C(Cc1ccccc1)C(=O)O.CC.NC=O. The minimum Gasteiger partial charge on any atom is -0.481 e. The third-order valence-corrected chi connectivity index (χ3v) is 3.08. The number of carboxylic acids is 1. The lowest BCUT2D eigenvalue weighted by Crippen LogP contribution is -2.52. The maximum Gasteiger partial charge on any atom is 0.309 e. The summed E-state index contributed by atoms with van der Waals surface area (Å²) in [6.45, 7) is 10.8. The van der Waals surface area contributed by atoms with Crippen LogP contribution in [0.15, 0.2) is 43.0 Å². The number of carbonyl (C=O) groups is 3. The largest absolute Gasteiger partial charge is 0.481 e.